The first-order chi connectivity index (χ1) is 17.9. The Balaban J connectivity index is 1.98. The molecule has 0 saturated carbocycles. The van der Waals surface area contributed by atoms with Crippen LogP contribution in [0.5, 0.6) is 23.0 Å². The molecule has 2 rings (SSSR count). The molecule has 2 N–H and O–H groups in total. The topological polar surface area (TPSA) is 112 Å². The van der Waals surface area contributed by atoms with Crippen LogP contribution < -0.4 is 9.47 Å². The minimum Gasteiger partial charge on any atom is -0.504 e. The summed E-state index contributed by atoms with van der Waals surface area (Å²) in [5.41, 5.74) is 1.23. The summed E-state index contributed by atoms with van der Waals surface area (Å²) in [6.07, 6.45) is 6.88. The Morgan fingerprint density at radius 3 is 1.81 bits per heavy atom. The Morgan fingerprint density at radius 1 is 0.838 bits per heavy atom. The van der Waals surface area contributed by atoms with Crippen LogP contribution in [0, 0.1) is 0 Å². The van der Waals surface area contributed by atoms with E-state index in [0.29, 0.717) is 24.3 Å². The average Bonchev–Trinajstić information content (AvgIpc) is 2.88. The molecule has 10 heteroatoms. The number of carbonyl (C=O) groups is 2. The Hall–Kier alpha value is -2.66. The molecule has 0 fully saturated rings. The lowest BCUT2D eigenvalue weighted by atomic mass is 10.1. The Morgan fingerprint density at radius 2 is 1.32 bits per heavy atom. The van der Waals surface area contributed by atoms with Crippen LogP contribution in [0.1, 0.15) is 30.4 Å². The molecule has 0 bridgehead atoms. The number of phenols is 2. The molecule has 37 heavy (non-hydrogen) atoms. The first kappa shape index (κ1) is 30.6. The monoisotopic (exact) mass is 640 g/mol. The van der Waals surface area contributed by atoms with Crippen molar-refractivity contribution < 1.29 is 38.7 Å². The molecule has 0 heterocycles. The second kappa shape index (κ2) is 17.0. The van der Waals surface area contributed by atoms with Crippen molar-refractivity contribution >= 4 is 55.6 Å². The molecule has 0 unspecified atom stereocenters. The van der Waals surface area contributed by atoms with Crippen LogP contribution in [-0.4, -0.2) is 59.2 Å². The number of ketones is 2. The van der Waals surface area contributed by atoms with E-state index in [4.69, 9.17) is 18.9 Å². The van der Waals surface area contributed by atoms with Crippen molar-refractivity contribution in [2.75, 3.05) is 31.0 Å². The summed E-state index contributed by atoms with van der Waals surface area (Å²) in [5, 5.41) is 21.4. The molecular weight excluding hydrogens is 612 g/mol. The van der Waals surface area contributed by atoms with E-state index in [-0.39, 0.29) is 41.0 Å². The Labute approximate surface area is 233 Å². The molecule has 0 spiro atoms. The van der Waals surface area contributed by atoms with E-state index in [0.717, 1.165) is 23.5 Å². The third-order valence-electron chi connectivity index (χ3n) is 4.75. The number of allylic oxidation sites excluding steroid dienone is 2. The zero-order valence-corrected chi connectivity index (χ0v) is 23.6. The van der Waals surface area contributed by atoms with Gasteiger partial charge in [-0.15, -0.1) is 0 Å². The van der Waals surface area contributed by atoms with Gasteiger partial charge in [0.05, 0.1) is 26.7 Å². The summed E-state index contributed by atoms with van der Waals surface area (Å²) in [6, 6.07) is 9.26. The summed E-state index contributed by atoms with van der Waals surface area (Å²) in [6.45, 7) is -0.188. The highest BCUT2D eigenvalue weighted by Crippen LogP contribution is 2.29. The molecule has 0 aliphatic heterocycles. The first-order valence-electron chi connectivity index (χ1n) is 11.5. The number of hydrogen-bond acceptors (Lipinski definition) is 8. The van der Waals surface area contributed by atoms with Crippen molar-refractivity contribution in [1.29, 1.82) is 0 Å². The summed E-state index contributed by atoms with van der Waals surface area (Å²) >= 11 is 6.68. The van der Waals surface area contributed by atoms with Crippen molar-refractivity contribution in [3.8, 4) is 23.0 Å². The number of ether oxygens (including phenoxy) is 4. The highest BCUT2D eigenvalue weighted by molar-refractivity contribution is 9.09. The van der Waals surface area contributed by atoms with E-state index in [2.05, 4.69) is 31.9 Å². The minimum absolute atomic E-state index is 0.00559. The van der Waals surface area contributed by atoms with Gasteiger partial charge in [0.15, 0.2) is 34.6 Å². The van der Waals surface area contributed by atoms with Gasteiger partial charge in [-0.3, -0.25) is 9.59 Å². The quantitative estimate of drug-likeness (QED) is 0.0752. The molecule has 2 aromatic rings. The Kier molecular flexibility index (Phi) is 14.0. The van der Waals surface area contributed by atoms with Gasteiger partial charge in [0, 0.05) is 10.7 Å². The summed E-state index contributed by atoms with van der Waals surface area (Å²) < 4.78 is 22.0. The van der Waals surface area contributed by atoms with Crippen molar-refractivity contribution in [3.63, 3.8) is 0 Å². The molecule has 0 saturated heterocycles. The van der Waals surface area contributed by atoms with E-state index in [1.165, 1.54) is 37.5 Å². The van der Waals surface area contributed by atoms with E-state index >= 15 is 0 Å². The molecule has 0 atom stereocenters. The molecular formula is C27H30Br2O8. The average molecular weight is 642 g/mol. The molecule has 0 aromatic heterocycles. The minimum atomic E-state index is -0.997. The zero-order chi connectivity index (χ0) is 27.0. The van der Waals surface area contributed by atoms with Crippen LogP contribution in [0.2, 0.25) is 0 Å². The number of benzene rings is 2. The third-order valence-corrected chi connectivity index (χ3v) is 5.87. The van der Waals surface area contributed by atoms with Gasteiger partial charge in [0.25, 0.3) is 0 Å². The number of phenolic OH excluding ortho intramolecular Hbond substituents is 2. The summed E-state index contributed by atoms with van der Waals surface area (Å²) in [5.74, 6) is -0.446. The fraction of sp³-hybridized carbons (Fsp3) is 0.333. The molecule has 0 radical (unpaired) electrons. The van der Waals surface area contributed by atoms with Crippen LogP contribution >= 0.6 is 31.9 Å². The van der Waals surface area contributed by atoms with E-state index in [1.807, 2.05) is 0 Å². The normalized spacial score (nSPS) is 11.5. The number of aromatic hydroxyl groups is 2. The van der Waals surface area contributed by atoms with Crippen LogP contribution in [0.3, 0.4) is 0 Å². The maximum absolute atomic E-state index is 12.3. The lowest BCUT2D eigenvalue weighted by molar-refractivity contribution is -0.246. The second-order valence-corrected chi connectivity index (χ2v) is 9.25. The number of halogens is 2. The zero-order valence-electron chi connectivity index (χ0n) is 20.4. The predicted molar refractivity (Wildman–Crippen MR) is 149 cm³/mol. The Bertz CT molecular complexity index is 1070. The fourth-order valence-corrected chi connectivity index (χ4v) is 3.34. The summed E-state index contributed by atoms with van der Waals surface area (Å²) in [7, 11) is 1.43. The standard InChI is InChI=1S/C27H30Br2O8/c1-34-25-16-19(6-10-23(25)32)4-8-21(30)18-22(31)9-5-20-7-11-24(33)26(17-20)37-27(35-14-2-12-28)36-15-3-13-29/h4-11,16-17,27,32-33H,2-3,12-15,18H2,1H3. The predicted octanol–water partition coefficient (Wildman–Crippen LogP) is 5.63. The number of alkyl halides is 2. The molecule has 0 amide bonds. The fourth-order valence-electron chi connectivity index (χ4n) is 2.88. The number of hydrogen-bond donors (Lipinski definition) is 2. The van der Waals surface area contributed by atoms with Gasteiger partial charge >= 0.3 is 6.48 Å². The largest absolute Gasteiger partial charge is 0.504 e. The van der Waals surface area contributed by atoms with Crippen molar-refractivity contribution in [2.24, 2.45) is 0 Å². The van der Waals surface area contributed by atoms with Crippen LogP contribution in [0.15, 0.2) is 48.6 Å². The number of rotatable bonds is 17. The van der Waals surface area contributed by atoms with Crippen LogP contribution in [0.4, 0.5) is 0 Å². The van der Waals surface area contributed by atoms with Crippen LogP contribution in [0.25, 0.3) is 12.2 Å². The maximum Gasteiger partial charge on any atom is 0.316 e. The number of carbonyl (C=O) groups excluding carboxylic acids is 2. The highest BCUT2D eigenvalue weighted by atomic mass is 79.9. The van der Waals surface area contributed by atoms with Gasteiger partial charge in [-0.05, 0) is 60.4 Å². The summed E-state index contributed by atoms with van der Waals surface area (Å²) in [4.78, 5) is 24.5. The first-order valence-corrected chi connectivity index (χ1v) is 13.7. The SMILES string of the molecule is COc1cc(C=CC(=O)CC(=O)C=Cc2ccc(O)c(OC(OCCCBr)OCCCBr)c2)ccc1O. The van der Waals surface area contributed by atoms with Gasteiger partial charge in [0.1, 0.15) is 0 Å². The lowest BCUT2D eigenvalue weighted by Crippen LogP contribution is -2.25. The third kappa shape index (κ3) is 11.5. The maximum atomic E-state index is 12.3. The van der Waals surface area contributed by atoms with Gasteiger partial charge in [0.2, 0.25) is 0 Å². The molecule has 0 aliphatic carbocycles. The van der Waals surface area contributed by atoms with E-state index < -0.39 is 6.48 Å². The molecule has 2 aromatic carbocycles. The van der Waals surface area contributed by atoms with E-state index in [1.54, 1.807) is 30.3 Å². The lowest BCUT2D eigenvalue weighted by Gasteiger charge is -2.20. The number of methoxy groups -OCH3 is 1. The van der Waals surface area contributed by atoms with E-state index in [9.17, 15) is 19.8 Å². The molecule has 0 aliphatic rings. The smallest absolute Gasteiger partial charge is 0.316 e. The van der Waals surface area contributed by atoms with Crippen LogP contribution in [-0.2, 0) is 19.1 Å². The van der Waals surface area contributed by atoms with Crippen molar-refractivity contribution in [1.82, 2.24) is 0 Å². The van der Waals surface area contributed by atoms with Gasteiger partial charge in [-0.1, -0.05) is 56.1 Å². The van der Waals surface area contributed by atoms with Crippen molar-refractivity contribution in [3.05, 3.63) is 59.7 Å². The van der Waals surface area contributed by atoms with Gasteiger partial charge in [-0.25, -0.2) is 0 Å². The van der Waals surface area contributed by atoms with Gasteiger partial charge < -0.3 is 29.2 Å². The highest BCUT2D eigenvalue weighted by Gasteiger charge is 2.15. The molecule has 200 valence electrons. The molecule has 8 nitrogen and oxygen atoms in total. The second-order valence-electron chi connectivity index (χ2n) is 7.67. The van der Waals surface area contributed by atoms with Crippen molar-refractivity contribution in [2.45, 2.75) is 25.7 Å². The van der Waals surface area contributed by atoms with Gasteiger partial charge in [-0.2, -0.15) is 0 Å².